The smallest absolute Gasteiger partial charge is 0.253 e. The van der Waals surface area contributed by atoms with Gasteiger partial charge in [0.25, 0.3) is 5.91 Å². The molecule has 0 atom stereocenters. The van der Waals surface area contributed by atoms with Crippen LogP contribution in [0.15, 0.2) is 47.4 Å². The van der Waals surface area contributed by atoms with E-state index in [1.807, 2.05) is 18.2 Å². The van der Waals surface area contributed by atoms with Crippen molar-refractivity contribution in [3.8, 4) is 0 Å². The summed E-state index contributed by atoms with van der Waals surface area (Å²) in [4.78, 5) is 15.6. The van der Waals surface area contributed by atoms with Crippen molar-refractivity contribution in [1.29, 1.82) is 0 Å². The molecule has 2 aliphatic rings. The van der Waals surface area contributed by atoms with Crippen molar-refractivity contribution in [3.63, 3.8) is 0 Å². The zero-order chi connectivity index (χ0) is 23.3. The van der Waals surface area contributed by atoms with Crippen LogP contribution in [0.5, 0.6) is 0 Å². The van der Waals surface area contributed by atoms with Gasteiger partial charge in [0.2, 0.25) is 10.0 Å². The van der Waals surface area contributed by atoms with Gasteiger partial charge in [0, 0.05) is 26.2 Å². The van der Waals surface area contributed by atoms with E-state index in [4.69, 9.17) is 11.6 Å². The van der Waals surface area contributed by atoms with Gasteiger partial charge < -0.3 is 5.32 Å². The van der Waals surface area contributed by atoms with E-state index in [9.17, 15) is 13.2 Å². The average molecular weight is 490 g/mol. The van der Waals surface area contributed by atoms with E-state index in [-0.39, 0.29) is 21.4 Å². The first-order valence-corrected chi connectivity index (χ1v) is 13.6. The molecule has 2 heterocycles. The lowest BCUT2D eigenvalue weighted by Crippen LogP contribution is -2.35. The Bertz CT molecular complexity index is 1080. The average Bonchev–Trinajstić information content (AvgIpc) is 2.84. The van der Waals surface area contributed by atoms with Gasteiger partial charge in [-0.05, 0) is 68.1 Å². The summed E-state index contributed by atoms with van der Waals surface area (Å²) in [6.45, 7) is 4.47. The summed E-state index contributed by atoms with van der Waals surface area (Å²) in [5, 5.41) is 3.18. The van der Waals surface area contributed by atoms with Crippen molar-refractivity contribution in [2.45, 2.75) is 56.5 Å². The van der Waals surface area contributed by atoms with Gasteiger partial charge >= 0.3 is 0 Å². The highest BCUT2D eigenvalue weighted by Crippen LogP contribution is 2.25. The lowest BCUT2D eigenvalue weighted by Gasteiger charge is -2.27. The monoisotopic (exact) mass is 489 g/mol. The number of amides is 1. The summed E-state index contributed by atoms with van der Waals surface area (Å²) in [7, 11) is -3.64. The maximum atomic E-state index is 13.0. The summed E-state index contributed by atoms with van der Waals surface area (Å²) in [5.74, 6) is -0.372. The summed E-state index contributed by atoms with van der Waals surface area (Å²) in [6, 6.07) is 12.5. The minimum Gasteiger partial charge on any atom is -0.348 e. The largest absolute Gasteiger partial charge is 0.348 e. The molecule has 178 valence electrons. The van der Waals surface area contributed by atoms with Gasteiger partial charge in [-0.1, -0.05) is 48.7 Å². The third-order valence-corrected chi connectivity index (χ3v) is 8.76. The molecule has 4 rings (SSSR count). The van der Waals surface area contributed by atoms with Crippen LogP contribution in [-0.4, -0.2) is 49.7 Å². The SMILES string of the molecule is O=C(NCc1ccccc1CN1CCCCC1)c1cc(S(=O)(=O)N2CCCCC2)ccc1Cl. The van der Waals surface area contributed by atoms with Crippen LogP contribution in [-0.2, 0) is 23.1 Å². The number of likely N-dealkylation sites (tertiary alicyclic amines) is 1. The number of rotatable bonds is 7. The Hall–Kier alpha value is -1.93. The molecule has 0 radical (unpaired) electrons. The van der Waals surface area contributed by atoms with Crippen LogP contribution >= 0.6 is 11.6 Å². The van der Waals surface area contributed by atoms with Crippen molar-refractivity contribution < 1.29 is 13.2 Å². The fraction of sp³-hybridized carbons (Fsp3) is 0.480. The third kappa shape index (κ3) is 5.96. The first kappa shape index (κ1) is 24.2. The first-order chi connectivity index (χ1) is 15.9. The standard InChI is InChI=1S/C25H32ClN3O3S/c26-24-12-11-22(33(31,32)29-15-7-2-8-16-29)17-23(24)25(30)27-18-20-9-3-4-10-21(20)19-28-13-5-1-6-14-28/h3-4,9-12,17H,1-2,5-8,13-16,18-19H2,(H,27,30). The van der Waals surface area contributed by atoms with Gasteiger partial charge in [-0.25, -0.2) is 8.42 Å². The molecule has 0 saturated carbocycles. The normalized spacial score (nSPS) is 18.2. The number of hydrogen-bond donors (Lipinski definition) is 1. The summed E-state index contributed by atoms with van der Waals surface area (Å²) >= 11 is 6.29. The van der Waals surface area contributed by atoms with Gasteiger partial charge in [0.1, 0.15) is 0 Å². The Balaban J connectivity index is 1.46. The van der Waals surface area contributed by atoms with Crippen LogP contribution in [0.25, 0.3) is 0 Å². The van der Waals surface area contributed by atoms with Gasteiger partial charge in [-0.15, -0.1) is 0 Å². The molecule has 0 aliphatic carbocycles. The lowest BCUT2D eigenvalue weighted by atomic mass is 10.0. The van der Waals surface area contributed by atoms with Crippen LogP contribution in [0.4, 0.5) is 0 Å². The van der Waals surface area contributed by atoms with E-state index in [0.717, 1.165) is 44.5 Å². The number of carbonyl (C=O) groups is 1. The van der Waals surface area contributed by atoms with E-state index < -0.39 is 10.0 Å². The number of nitrogens with one attached hydrogen (secondary N) is 1. The number of nitrogens with zero attached hydrogens (tertiary/aromatic N) is 2. The van der Waals surface area contributed by atoms with E-state index in [1.54, 1.807) is 0 Å². The quantitative estimate of drug-likeness (QED) is 0.624. The van der Waals surface area contributed by atoms with E-state index in [1.165, 1.54) is 47.3 Å². The second-order valence-electron chi connectivity index (χ2n) is 8.89. The minimum atomic E-state index is -3.64. The molecule has 0 unspecified atom stereocenters. The molecule has 0 aromatic heterocycles. The van der Waals surface area contributed by atoms with E-state index >= 15 is 0 Å². The van der Waals surface area contributed by atoms with Crippen LogP contribution < -0.4 is 5.32 Å². The van der Waals surface area contributed by atoms with Gasteiger partial charge in [0.15, 0.2) is 0 Å². The van der Waals surface area contributed by atoms with Crippen molar-refractivity contribution >= 4 is 27.5 Å². The molecule has 0 bridgehead atoms. The Morgan fingerprint density at radius 1 is 0.879 bits per heavy atom. The highest BCUT2D eigenvalue weighted by Gasteiger charge is 2.27. The van der Waals surface area contributed by atoms with Crippen LogP contribution in [0.2, 0.25) is 5.02 Å². The lowest BCUT2D eigenvalue weighted by molar-refractivity contribution is 0.0950. The van der Waals surface area contributed by atoms with Gasteiger partial charge in [-0.2, -0.15) is 4.31 Å². The Morgan fingerprint density at radius 2 is 1.52 bits per heavy atom. The third-order valence-electron chi connectivity index (χ3n) is 6.54. The summed E-state index contributed by atoms with van der Waals surface area (Å²) in [5.41, 5.74) is 2.44. The molecule has 1 N–H and O–H groups in total. The van der Waals surface area contributed by atoms with Crippen molar-refractivity contribution in [2.24, 2.45) is 0 Å². The zero-order valence-corrected chi connectivity index (χ0v) is 20.5. The summed E-state index contributed by atoms with van der Waals surface area (Å²) in [6.07, 6.45) is 6.51. The van der Waals surface area contributed by atoms with Gasteiger partial charge in [-0.3, -0.25) is 9.69 Å². The second-order valence-corrected chi connectivity index (χ2v) is 11.2. The maximum absolute atomic E-state index is 13.0. The Kier molecular flexibility index (Phi) is 8.07. The molecular formula is C25H32ClN3O3S. The molecular weight excluding hydrogens is 458 g/mol. The van der Waals surface area contributed by atoms with Crippen molar-refractivity contribution in [2.75, 3.05) is 26.2 Å². The fourth-order valence-corrected chi connectivity index (χ4v) is 6.35. The molecule has 33 heavy (non-hydrogen) atoms. The van der Waals surface area contributed by atoms with Gasteiger partial charge in [0.05, 0.1) is 15.5 Å². The number of halogens is 1. The van der Waals surface area contributed by atoms with Crippen molar-refractivity contribution in [3.05, 3.63) is 64.2 Å². The number of carbonyl (C=O) groups excluding carboxylic acids is 1. The molecule has 2 saturated heterocycles. The Labute approximate surface area is 202 Å². The van der Waals surface area contributed by atoms with E-state index in [0.29, 0.717) is 19.6 Å². The molecule has 1 amide bonds. The number of hydrogen-bond acceptors (Lipinski definition) is 4. The minimum absolute atomic E-state index is 0.115. The molecule has 2 aromatic carbocycles. The number of benzene rings is 2. The molecule has 8 heteroatoms. The van der Waals surface area contributed by atoms with E-state index in [2.05, 4.69) is 16.3 Å². The highest BCUT2D eigenvalue weighted by atomic mass is 35.5. The highest BCUT2D eigenvalue weighted by molar-refractivity contribution is 7.89. The zero-order valence-electron chi connectivity index (χ0n) is 18.9. The number of sulfonamides is 1. The molecule has 2 aromatic rings. The topological polar surface area (TPSA) is 69.7 Å². The molecule has 2 aliphatic heterocycles. The van der Waals surface area contributed by atoms with Crippen LogP contribution in [0.3, 0.4) is 0 Å². The maximum Gasteiger partial charge on any atom is 0.253 e. The molecule has 0 spiro atoms. The van der Waals surface area contributed by atoms with Crippen LogP contribution in [0, 0.1) is 0 Å². The number of piperidine rings is 2. The van der Waals surface area contributed by atoms with Crippen LogP contribution in [0.1, 0.15) is 60.0 Å². The second kappa shape index (κ2) is 11.0. The summed E-state index contributed by atoms with van der Waals surface area (Å²) < 4.78 is 27.6. The Morgan fingerprint density at radius 3 is 2.21 bits per heavy atom. The predicted molar refractivity (Wildman–Crippen MR) is 131 cm³/mol. The molecule has 2 fully saturated rings. The fourth-order valence-electron chi connectivity index (χ4n) is 4.61. The first-order valence-electron chi connectivity index (χ1n) is 11.8. The predicted octanol–water partition coefficient (Wildman–Crippen LogP) is 4.43. The van der Waals surface area contributed by atoms with Crippen molar-refractivity contribution in [1.82, 2.24) is 14.5 Å². The molecule has 6 nitrogen and oxygen atoms in total.